The topological polar surface area (TPSA) is 61.3 Å². The molecule has 1 aliphatic carbocycles. The Bertz CT molecular complexity index is 546. The van der Waals surface area contributed by atoms with Crippen molar-refractivity contribution < 1.29 is 18.3 Å². The number of aliphatic hydroxyl groups is 1. The molecule has 1 aliphatic heterocycles. The molecule has 2 aliphatic rings. The number of rotatable bonds is 5. The van der Waals surface area contributed by atoms with Crippen LogP contribution in [0.25, 0.3) is 0 Å². The molecule has 2 heterocycles. The molecule has 0 aromatic carbocycles. The van der Waals surface area contributed by atoms with Crippen LogP contribution in [-0.2, 0) is 12.8 Å². The lowest BCUT2D eigenvalue weighted by Gasteiger charge is -2.40. The largest absolute Gasteiger partial charge is 0.415 e. The highest BCUT2D eigenvalue weighted by Gasteiger charge is 2.38. The average molecular weight is 330 g/mol. The normalized spacial score (nSPS) is 20.1. The Kier molecular flexibility index (Phi) is 4.72. The second-order valence-electron chi connectivity index (χ2n) is 6.37. The van der Waals surface area contributed by atoms with Gasteiger partial charge in [-0.05, 0) is 37.3 Å². The van der Waals surface area contributed by atoms with Gasteiger partial charge in [-0.2, -0.15) is 18.3 Å². The van der Waals surface area contributed by atoms with Crippen molar-refractivity contribution in [1.82, 2.24) is 15.5 Å². The zero-order chi connectivity index (χ0) is 16.4. The summed E-state index contributed by atoms with van der Waals surface area (Å²) in [6.07, 6.45) is -2.46. The van der Waals surface area contributed by atoms with Crippen LogP contribution in [0.3, 0.4) is 0 Å². The SMILES string of the molecule is OC(CNCC1CN(c2cc3c(nn2)CCCC3)C1)C(F)(F)F. The first-order valence-electron chi connectivity index (χ1n) is 7.99. The van der Waals surface area contributed by atoms with Crippen LogP contribution in [0.2, 0.25) is 0 Å². The third-order valence-corrected chi connectivity index (χ3v) is 4.49. The summed E-state index contributed by atoms with van der Waals surface area (Å²) >= 11 is 0. The Labute approximate surface area is 132 Å². The van der Waals surface area contributed by atoms with Gasteiger partial charge in [0.15, 0.2) is 11.9 Å². The fourth-order valence-electron chi connectivity index (χ4n) is 3.06. The van der Waals surface area contributed by atoms with Crippen molar-refractivity contribution in [1.29, 1.82) is 0 Å². The van der Waals surface area contributed by atoms with Gasteiger partial charge in [0.25, 0.3) is 0 Å². The van der Waals surface area contributed by atoms with Gasteiger partial charge in [-0.15, -0.1) is 5.10 Å². The average Bonchev–Trinajstić information content (AvgIpc) is 2.48. The van der Waals surface area contributed by atoms with Gasteiger partial charge >= 0.3 is 6.18 Å². The summed E-state index contributed by atoms with van der Waals surface area (Å²) in [6, 6.07) is 2.10. The van der Waals surface area contributed by atoms with Crippen LogP contribution in [0.1, 0.15) is 24.1 Å². The van der Waals surface area contributed by atoms with E-state index in [1.54, 1.807) is 0 Å². The Hall–Kier alpha value is -1.41. The maximum atomic E-state index is 12.2. The number of aromatic nitrogens is 2. The van der Waals surface area contributed by atoms with Crippen LogP contribution in [0.4, 0.5) is 19.0 Å². The van der Waals surface area contributed by atoms with E-state index in [9.17, 15) is 13.2 Å². The molecule has 1 fully saturated rings. The fourth-order valence-corrected chi connectivity index (χ4v) is 3.06. The van der Waals surface area contributed by atoms with Gasteiger partial charge in [0, 0.05) is 32.1 Å². The van der Waals surface area contributed by atoms with Crippen molar-refractivity contribution in [2.24, 2.45) is 5.92 Å². The molecule has 1 aromatic rings. The summed E-state index contributed by atoms with van der Waals surface area (Å²) in [4.78, 5) is 2.09. The first-order chi connectivity index (χ1) is 10.9. The molecule has 2 N–H and O–H groups in total. The fraction of sp³-hybridized carbons (Fsp3) is 0.733. The number of halogens is 3. The lowest BCUT2D eigenvalue weighted by molar-refractivity contribution is -0.201. The van der Waals surface area contributed by atoms with Crippen LogP contribution in [-0.4, -0.2) is 53.8 Å². The molecule has 1 unspecified atom stereocenters. The number of alkyl halides is 3. The molecule has 0 amide bonds. The Balaban J connectivity index is 1.43. The Morgan fingerprint density at radius 2 is 2.00 bits per heavy atom. The van der Waals surface area contributed by atoms with E-state index in [2.05, 4.69) is 26.5 Å². The highest BCUT2D eigenvalue weighted by molar-refractivity contribution is 5.44. The summed E-state index contributed by atoms with van der Waals surface area (Å²) in [5.41, 5.74) is 2.37. The number of nitrogens with zero attached hydrogens (tertiary/aromatic N) is 3. The minimum Gasteiger partial charge on any atom is -0.382 e. The molecule has 0 bridgehead atoms. The number of hydrogen-bond acceptors (Lipinski definition) is 5. The van der Waals surface area contributed by atoms with E-state index in [-0.39, 0.29) is 5.92 Å². The minimum atomic E-state index is -4.56. The van der Waals surface area contributed by atoms with E-state index in [1.807, 2.05) is 0 Å². The molecular weight excluding hydrogens is 309 g/mol. The van der Waals surface area contributed by atoms with E-state index in [0.717, 1.165) is 37.4 Å². The predicted molar refractivity (Wildman–Crippen MR) is 79.3 cm³/mol. The number of anilines is 1. The first-order valence-corrected chi connectivity index (χ1v) is 7.99. The molecule has 3 rings (SSSR count). The summed E-state index contributed by atoms with van der Waals surface area (Å²) in [5, 5.41) is 20.1. The van der Waals surface area contributed by atoms with Crippen molar-refractivity contribution in [3.63, 3.8) is 0 Å². The summed E-state index contributed by atoms with van der Waals surface area (Å²) in [7, 11) is 0. The molecule has 128 valence electrons. The molecule has 0 radical (unpaired) electrons. The maximum absolute atomic E-state index is 12.2. The van der Waals surface area contributed by atoms with Gasteiger partial charge in [-0.1, -0.05) is 0 Å². The summed E-state index contributed by atoms with van der Waals surface area (Å²) < 4.78 is 36.5. The highest BCUT2D eigenvalue weighted by Crippen LogP contribution is 2.26. The number of aryl methyl sites for hydroxylation is 2. The molecule has 23 heavy (non-hydrogen) atoms. The quantitative estimate of drug-likeness (QED) is 0.852. The number of fused-ring (bicyclic) bond motifs is 1. The number of aliphatic hydroxyl groups excluding tert-OH is 1. The molecule has 8 heteroatoms. The van der Waals surface area contributed by atoms with E-state index < -0.39 is 18.8 Å². The summed E-state index contributed by atoms with van der Waals surface area (Å²) in [5.74, 6) is 1.13. The van der Waals surface area contributed by atoms with E-state index in [0.29, 0.717) is 6.54 Å². The predicted octanol–water partition coefficient (Wildman–Crippen LogP) is 1.30. The van der Waals surface area contributed by atoms with Gasteiger partial charge in [-0.25, -0.2) is 0 Å². The van der Waals surface area contributed by atoms with Gasteiger partial charge in [-0.3, -0.25) is 0 Å². The second-order valence-corrected chi connectivity index (χ2v) is 6.37. The van der Waals surface area contributed by atoms with Crippen LogP contribution in [0.15, 0.2) is 6.07 Å². The van der Waals surface area contributed by atoms with Crippen LogP contribution >= 0.6 is 0 Å². The monoisotopic (exact) mass is 330 g/mol. The minimum absolute atomic E-state index is 0.272. The lowest BCUT2D eigenvalue weighted by Crippen LogP contribution is -2.52. The molecular formula is C15H21F3N4O. The lowest BCUT2D eigenvalue weighted by atomic mass is 9.95. The molecule has 0 spiro atoms. The number of nitrogens with one attached hydrogen (secondary N) is 1. The molecule has 0 saturated carbocycles. The smallest absolute Gasteiger partial charge is 0.382 e. The van der Waals surface area contributed by atoms with Crippen molar-refractivity contribution in [2.45, 2.75) is 38.0 Å². The van der Waals surface area contributed by atoms with Gasteiger partial charge < -0.3 is 15.3 Å². The molecule has 1 atom stereocenters. The van der Waals surface area contributed by atoms with Crippen LogP contribution in [0.5, 0.6) is 0 Å². The number of hydrogen-bond donors (Lipinski definition) is 2. The van der Waals surface area contributed by atoms with E-state index in [1.165, 1.54) is 18.4 Å². The Morgan fingerprint density at radius 3 is 2.74 bits per heavy atom. The summed E-state index contributed by atoms with van der Waals surface area (Å²) in [6.45, 7) is 1.51. The van der Waals surface area contributed by atoms with Crippen LogP contribution in [0, 0.1) is 5.92 Å². The molecule has 1 aromatic heterocycles. The third kappa shape index (κ3) is 3.92. The highest BCUT2D eigenvalue weighted by atomic mass is 19.4. The third-order valence-electron chi connectivity index (χ3n) is 4.49. The van der Waals surface area contributed by atoms with E-state index in [4.69, 9.17) is 5.11 Å². The van der Waals surface area contributed by atoms with Crippen molar-refractivity contribution in [2.75, 3.05) is 31.1 Å². The zero-order valence-electron chi connectivity index (χ0n) is 12.8. The standard InChI is InChI=1S/C15H21F3N4O/c16-15(17,18)13(23)7-19-6-10-8-22(9-10)14-5-11-3-1-2-4-12(11)20-21-14/h5,10,13,19,23H,1-4,6-9H2. The van der Waals surface area contributed by atoms with Crippen molar-refractivity contribution >= 4 is 5.82 Å². The van der Waals surface area contributed by atoms with Crippen molar-refractivity contribution in [3.8, 4) is 0 Å². The van der Waals surface area contributed by atoms with Crippen molar-refractivity contribution in [3.05, 3.63) is 17.3 Å². The van der Waals surface area contributed by atoms with Gasteiger partial charge in [0.1, 0.15) is 0 Å². The Morgan fingerprint density at radius 1 is 1.26 bits per heavy atom. The zero-order valence-corrected chi connectivity index (χ0v) is 12.8. The van der Waals surface area contributed by atoms with Crippen LogP contribution < -0.4 is 10.2 Å². The van der Waals surface area contributed by atoms with Gasteiger partial charge in [0.05, 0.1) is 5.69 Å². The second kappa shape index (κ2) is 6.60. The maximum Gasteiger partial charge on any atom is 0.415 e. The first kappa shape index (κ1) is 16.4. The van der Waals surface area contributed by atoms with E-state index >= 15 is 0 Å². The molecule has 5 nitrogen and oxygen atoms in total. The molecule has 1 saturated heterocycles. The van der Waals surface area contributed by atoms with Gasteiger partial charge in [0.2, 0.25) is 0 Å².